The number of rotatable bonds is 7. The fraction of sp³-hybridized carbons (Fsp3) is 0.310. The molecule has 5 aromatic rings. The lowest BCUT2D eigenvalue weighted by Crippen LogP contribution is -2.43. The molecule has 10 nitrogen and oxygen atoms in total. The van der Waals surface area contributed by atoms with Gasteiger partial charge in [-0.05, 0) is 23.8 Å². The smallest absolute Gasteiger partial charge is 0.257 e. The molecule has 0 spiro atoms. The molecule has 13 heteroatoms. The molecule has 2 aliphatic rings. The lowest BCUT2D eigenvalue weighted by Gasteiger charge is -2.29. The minimum absolute atomic E-state index is 0.176. The van der Waals surface area contributed by atoms with E-state index in [1.165, 1.54) is 16.0 Å². The second-order valence-electron chi connectivity index (χ2n) is 10.4. The van der Waals surface area contributed by atoms with Crippen LogP contribution in [0.15, 0.2) is 54.4 Å². The molecule has 0 radical (unpaired) electrons. The van der Waals surface area contributed by atoms with Gasteiger partial charge >= 0.3 is 0 Å². The second-order valence-corrected chi connectivity index (χ2v) is 11.7. The summed E-state index contributed by atoms with van der Waals surface area (Å²) in [4.78, 5) is 24.8. The first-order valence-corrected chi connectivity index (χ1v) is 15.0. The number of carbonyl (C=O) groups excluding carboxylic acids is 1. The van der Waals surface area contributed by atoms with E-state index in [0.717, 1.165) is 43.0 Å². The Balaban J connectivity index is 1.30. The predicted molar refractivity (Wildman–Crippen MR) is 162 cm³/mol. The highest BCUT2D eigenvalue weighted by molar-refractivity contribution is 7.13. The Labute approximate surface area is 250 Å². The van der Waals surface area contributed by atoms with Gasteiger partial charge in [-0.2, -0.15) is 5.10 Å². The van der Waals surface area contributed by atoms with Gasteiger partial charge in [-0.25, -0.2) is 14.4 Å². The van der Waals surface area contributed by atoms with E-state index in [9.17, 15) is 9.18 Å². The molecule has 216 valence electrons. The Kier molecular flexibility index (Phi) is 7.04. The van der Waals surface area contributed by atoms with Crippen LogP contribution in [0.4, 0.5) is 15.2 Å². The third-order valence-corrected chi connectivity index (χ3v) is 8.81. The molecular weight excluding hydrogens is 579 g/mol. The molecule has 2 aliphatic heterocycles. The molecule has 2 atom stereocenters. The number of methoxy groups -OCH3 is 1. The van der Waals surface area contributed by atoms with E-state index in [1.807, 2.05) is 6.07 Å². The third kappa shape index (κ3) is 4.79. The number of fused-ring (bicyclic) bond motifs is 2. The number of nitrogens with zero attached hydrogens (tertiary/aromatic N) is 6. The number of hydrogen-bond acceptors (Lipinski definition) is 8. The number of piperazine rings is 1. The van der Waals surface area contributed by atoms with Crippen molar-refractivity contribution < 1.29 is 13.9 Å². The quantitative estimate of drug-likeness (QED) is 0.280. The van der Waals surface area contributed by atoms with Crippen LogP contribution in [0.3, 0.4) is 0 Å². The van der Waals surface area contributed by atoms with Gasteiger partial charge in [0.2, 0.25) is 0 Å². The number of hydrogen-bond donors (Lipinski definition) is 2. The summed E-state index contributed by atoms with van der Waals surface area (Å²) in [5.41, 5.74) is 4.51. The van der Waals surface area contributed by atoms with E-state index in [2.05, 4.69) is 49.8 Å². The fourth-order valence-corrected chi connectivity index (χ4v) is 6.59. The highest BCUT2D eigenvalue weighted by Gasteiger charge is 2.35. The molecule has 2 N–H and O–H groups in total. The van der Waals surface area contributed by atoms with Gasteiger partial charge < -0.3 is 19.5 Å². The number of thiazole rings is 1. The number of halogens is 2. The van der Waals surface area contributed by atoms with Crippen molar-refractivity contribution in [3.63, 3.8) is 0 Å². The van der Waals surface area contributed by atoms with Crippen molar-refractivity contribution in [2.75, 3.05) is 43.5 Å². The van der Waals surface area contributed by atoms with Gasteiger partial charge in [0.25, 0.3) is 5.91 Å². The van der Waals surface area contributed by atoms with Crippen LogP contribution in [0.25, 0.3) is 22.0 Å². The summed E-state index contributed by atoms with van der Waals surface area (Å²) in [5, 5.41) is 14.4. The number of imidazole rings is 1. The largest absolute Gasteiger partial charge is 0.494 e. The van der Waals surface area contributed by atoms with Crippen molar-refractivity contribution >= 4 is 50.6 Å². The SMILES string of the molecule is COc1c(-c2ccc(N3CCNCC3)cc2)cc(Cl)c2cn(C(C(=O)Nc3nccs3)c3ncn4c3CC(F)C4)nc12. The predicted octanol–water partition coefficient (Wildman–Crippen LogP) is 4.55. The van der Waals surface area contributed by atoms with E-state index < -0.39 is 12.2 Å². The molecule has 0 bridgehead atoms. The minimum atomic E-state index is -1.03. The first-order valence-electron chi connectivity index (χ1n) is 13.7. The molecule has 42 heavy (non-hydrogen) atoms. The molecule has 0 saturated carbocycles. The number of anilines is 2. The topological polar surface area (TPSA) is 102 Å². The highest BCUT2D eigenvalue weighted by atomic mass is 35.5. The molecule has 5 heterocycles. The van der Waals surface area contributed by atoms with E-state index in [4.69, 9.17) is 21.4 Å². The standard InChI is InChI=1S/C29H28ClFN8O2S/c1-41-27-20(17-2-4-19(5-3-17)37-9-6-32-7-10-37)13-22(30)21-15-39(36-24(21)27)26(28(40)35-29-33-8-11-42-29)25-23-12-18(31)14-38(23)16-34-25/h2-5,8,11,13,15-16,18,26,32H,6-7,9-10,12,14H2,1H3,(H,33,35,40). The van der Waals surface area contributed by atoms with Crippen LogP contribution in [-0.4, -0.2) is 69.7 Å². The lowest BCUT2D eigenvalue weighted by molar-refractivity contribution is -0.118. The lowest BCUT2D eigenvalue weighted by atomic mass is 10.0. The van der Waals surface area contributed by atoms with Crippen molar-refractivity contribution in [3.8, 4) is 16.9 Å². The number of amides is 1. The van der Waals surface area contributed by atoms with E-state index in [-0.39, 0.29) is 18.9 Å². The number of benzene rings is 2. The highest BCUT2D eigenvalue weighted by Crippen LogP contribution is 2.41. The maximum atomic E-state index is 14.3. The zero-order chi connectivity index (χ0) is 28.8. The average molecular weight is 607 g/mol. The Morgan fingerprint density at radius 2 is 2.05 bits per heavy atom. The van der Waals surface area contributed by atoms with Crippen LogP contribution < -0.4 is 20.3 Å². The van der Waals surface area contributed by atoms with Crippen LogP contribution >= 0.6 is 22.9 Å². The zero-order valence-electron chi connectivity index (χ0n) is 22.8. The van der Waals surface area contributed by atoms with Crippen molar-refractivity contribution in [2.24, 2.45) is 0 Å². The molecule has 1 saturated heterocycles. The summed E-state index contributed by atoms with van der Waals surface area (Å²) in [5.74, 6) is 0.154. The molecule has 3 aromatic heterocycles. The van der Waals surface area contributed by atoms with Gasteiger partial charge in [-0.15, -0.1) is 11.3 Å². The van der Waals surface area contributed by atoms with Gasteiger partial charge in [0.05, 0.1) is 30.7 Å². The first kappa shape index (κ1) is 26.9. The molecule has 2 aromatic carbocycles. The maximum Gasteiger partial charge on any atom is 0.257 e. The van der Waals surface area contributed by atoms with Crippen LogP contribution in [0.1, 0.15) is 17.4 Å². The number of nitrogens with one attached hydrogen (secondary N) is 2. The average Bonchev–Trinajstić information content (AvgIpc) is 3.81. The third-order valence-electron chi connectivity index (χ3n) is 7.81. The first-order chi connectivity index (χ1) is 20.5. The van der Waals surface area contributed by atoms with E-state index in [1.54, 1.807) is 35.8 Å². The number of aromatic nitrogens is 5. The van der Waals surface area contributed by atoms with Crippen molar-refractivity contribution in [3.05, 3.63) is 70.8 Å². The van der Waals surface area contributed by atoms with Crippen molar-refractivity contribution in [1.29, 1.82) is 0 Å². The summed E-state index contributed by atoms with van der Waals surface area (Å²) in [7, 11) is 1.59. The monoisotopic (exact) mass is 606 g/mol. The van der Waals surface area contributed by atoms with Gasteiger partial charge in [-0.3, -0.25) is 14.8 Å². The van der Waals surface area contributed by atoms with Crippen LogP contribution in [0, 0.1) is 0 Å². The van der Waals surface area contributed by atoms with Gasteiger partial charge in [0.1, 0.15) is 11.7 Å². The van der Waals surface area contributed by atoms with Crippen molar-refractivity contribution in [2.45, 2.75) is 25.2 Å². The second kappa shape index (κ2) is 11.0. The Morgan fingerprint density at radius 1 is 1.24 bits per heavy atom. The molecule has 2 unspecified atom stereocenters. The van der Waals surface area contributed by atoms with Crippen LogP contribution in [0.5, 0.6) is 5.75 Å². The summed E-state index contributed by atoms with van der Waals surface area (Å²) < 4.78 is 23.5. The Hall–Kier alpha value is -4.00. The summed E-state index contributed by atoms with van der Waals surface area (Å²) in [6.07, 6.45) is 4.05. The minimum Gasteiger partial charge on any atom is -0.494 e. The van der Waals surface area contributed by atoms with Gasteiger partial charge in [0, 0.05) is 72.7 Å². The molecule has 7 rings (SSSR count). The van der Waals surface area contributed by atoms with E-state index in [0.29, 0.717) is 38.2 Å². The van der Waals surface area contributed by atoms with E-state index >= 15 is 0 Å². The Bertz CT molecular complexity index is 1750. The molecule has 1 amide bonds. The maximum absolute atomic E-state index is 14.3. The van der Waals surface area contributed by atoms with Crippen LogP contribution in [0.2, 0.25) is 5.02 Å². The normalized spacial score (nSPS) is 17.4. The van der Waals surface area contributed by atoms with Gasteiger partial charge in [0.15, 0.2) is 16.9 Å². The van der Waals surface area contributed by atoms with Crippen molar-refractivity contribution in [1.82, 2.24) is 29.6 Å². The number of ether oxygens (including phenoxy) is 1. The summed E-state index contributed by atoms with van der Waals surface area (Å²) in [6, 6.07) is 9.20. The molecule has 1 fully saturated rings. The molecular formula is C29H28ClFN8O2S. The Morgan fingerprint density at radius 3 is 2.79 bits per heavy atom. The summed E-state index contributed by atoms with van der Waals surface area (Å²) in [6.45, 7) is 4.05. The summed E-state index contributed by atoms with van der Waals surface area (Å²) >= 11 is 8.15. The molecule has 0 aliphatic carbocycles. The zero-order valence-corrected chi connectivity index (χ0v) is 24.3. The number of carbonyl (C=O) groups is 1. The van der Waals surface area contributed by atoms with Crippen LogP contribution in [-0.2, 0) is 17.8 Å². The fourth-order valence-electron chi connectivity index (χ4n) is 5.81. The van der Waals surface area contributed by atoms with Gasteiger partial charge in [-0.1, -0.05) is 23.7 Å². The number of alkyl halides is 1.